The van der Waals surface area contributed by atoms with Crippen molar-refractivity contribution in [2.45, 2.75) is 25.4 Å². The molecule has 2 heterocycles. The molecular weight excluding hydrogens is 276 g/mol. The van der Waals surface area contributed by atoms with Gasteiger partial charge in [-0.3, -0.25) is 4.79 Å². The number of hydrogen-bond donors (Lipinski definition) is 0. The maximum atomic E-state index is 11.8. The highest BCUT2D eigenvalue weighted by atomic mass is 16.5. The summed E-state index contributed by atoms with van der Waals surface area (Å²) in [4.78, 5) is 16.1. The second kappa shape index (κ2) is 7.25. The van der Waals surface area contributed by atoms with Crippen molar-refractivity contribution in [1.82, 2.24) is 9.80 Å². The average molecular weight is 302 g/mol. The number of benzene rings is 1. The number of likely N-dealkylation sites (tertiary alicyclic amines) is 1. The summed E-state index contributed by atoms with van der Waals surface area (Å²) in [5.41, 5.74) is 1.42. The number of aryl methyl sites for hydroxylation is 1. The SMILES string of the molecule is CN1C[C@H]2CN(CCCc3ccccc3)CC[C@@H]2OCC1=O. The number of rotatable bonds is 4. The molecule has 2 atom stereocenters. The maximum absolute atomic E-state index is 11.8. The van der Waals surface area contributed by atoms with Crippen LogP contribution in [0.5, 0.6) is 0 Å². The summed E-state index contributed by atoms with van der Waals surface area (Å²) in [5.74, 6) is 0.576. The van der Waals surface area contributed by atoms with Crippen molar-refractivity contribution in [3.63, 3.8) is 0 Å². The fourth-order valence-electron chi connectivity index (χ4n) is 3.58. The number of amides is 1. The first-order valence-electron chi connectivity index (χ1n) is 8.34. The van der Waals surface area contributed by atoms with Gasteiger partial charge in [0.15, 0.2) is 0 Å². The van der Waals surface area contributed by atoms with Crippen LogP contribution in [0.1, 0.15) is 18.4 Å². The Hall–Kier alpha value is -1.39. The number of carbonyl (C=O) groups excluding carboxylic acids is 1. The van der Waals surface area contributed by atoms with Gasteiger partial charge in [0, 0.05) is 32.6 Å². The zero-order chi connectivity index (χ0) is 15.4. The highest BCUT2D eigenvalue weighted by molar-refractivity contribution is 5.77. The summed E-state index contributed by atoms with van der Waals surface area (Å²) in [5, 5.41) is 0. The van der Waals surface area contributed by atoms with Gasteiger partial charge in [-0.2, -0.15) is 0 Å². The van der Waals surface area contributed by atoms with Crippen molar-refractivity contribution >= 4 is 5.91 Å². The highest BCUT2D eigenvalue weighted by Crippen LogP contribution is 2.23. The number of nitrogens with zero attached hydrogens (tertiary/aromatic N) is 2. The van der Waals surface area contributed by atoms with Crippen LogP contribution in [0, 0.1) is 5.92 Å². The Morgan fingerprint density at radius 3 is 2.86 bits per heavy atom. The largest absolute Gasteiger partial charge is 0.368 e. The van der Waals surface area contributed by atoms with Crippen molar-refractivity contribution < 1.29 is 9.53 Å². The topological polar surface area (TPSA) is 32.8 Å². The number of ether oxygens (including phenoxy) is 1. The lowest BCUT2D eigenvalue weighted by Crippen LogP contribution is -2.46. The molecule has 2 fully saturated rings. The number of carbonyl (C=O) groups is 1. The van der Waals surface area contributed by atoms with Crippen LogP contribution in [0.4, 0.5) is 0 Å². The number of likely N-dealkylation sites (N-methyl/N-ethyl adjacent to an activating group) is 1. The van der Waals surface area contributed by atoms with Crippen LogP contribution in [-0.2, 0) is 16.0 Å². The molecule has 0 aliphatic carbocycles. The molecule has 120 valence electrons. The van der Waals surface area contributed by atoms with E-state index in [1.54, 1.807) is 0 Å². The van der Waals surface area contributed by atoms with E-state index in [1.807, 2.05) is 11.9 Å². The molecule has 1 aromatic carbocycles. The molecule has 22 heavy (non-hydrogen) atoms. The summed E-state index contributed by atoms with van der Waals surface area (Å²) < 4.78 is 5.79. The normalized spacial score (nSPS) is 26.6. The molecule has 4 nitrogen and oxygen atoms in total. The van der Waals surface area contributed by atoms with Crippen LogP contribution >= 0.6 is 0 Å². The van der Waals surface area contributed by atoms with Gasteiger partial charge in [-0.15, -0.1) is 0 Å². The molecule has 0 N–H and O–H groups in total. The van der Waals surface area contributed by atoms with Crippen molar-refractivity contribution in [1.29, 1.82) is 0 Å². The smallest absolute Gasteiger partial charge is 0.248 e. The molecule has 0 bridgehead atoms. The zero-order valence-electron chi connectivity index (χ0n) is 13.4. The van der Waals surface area contributed by atoms with E-state index in [-0.39, 0.29) is 18.6 Å². The van der Waals surface area contributed by atoms with Crippen LogP contribution in [-0.4, -0.2) is 61.6 Å². The Labute approximate surface area is 133 Å². The minimum absolute atomic E-state index is 0.116. The monoisotopic (exact) mass is 302 g/mol. The van der Waals surface area contributed by atoms with Gasteiger partial charge in [0.1, 0.15) is 6.61 Å². The Morgan fingerprint density at radius 2 is 2.05 bits per heavy atom. The van der Waals surface area contributed by atoms with Crippen LogP contribution in [0.25, 0.3) is 0 Å². The number of fused-ring (bicyclic) bond motifs is 1. The van der Waals surface area contributed by atoms with E-state index in [1.165, 1.54) is 12.0 Å². The second-order valence-electron chi connectivity index (χ2n) is 6.56. The summed E-state index contributed by atoms with van der Waals surface area (Å²) in [7, 11) is 1.89. The quantitative estimate of drug-likeness (QED) is 0.850. The van der Waals surface area contributed by atoms with E-state index < -0.39 is 0 Å². The molecule has 0 spiro atoms. The Balaban J connectivity index is 1.47. The molecule has 2 saturated heterocycles. The van der Waals surface area contributed by atoms with E-state index in [9.17, 15) is 4.79 Å². The van der Waals surface area contributed by atoms with E-state index in [0.29, 0.717) is 5.92 Å². The molecule has 1 aromatic rings. The van der Waals surface area contributed by atoms with E-state index in [0.717, 1.165) is 39.0 Å². The minimum atomic E-state index is 0.116. The zero-order valence-corrected chi connectivity index (χ0v) is 13.4. The molecular formula is C18H26N2O2. The molecule has 1 amide bonds. The van der Waals surface area contributed by atoms with Gasteiger partial charge < -0.3 is 14.5 Å². The number of hydrogen-bond acceptors (Lipinski definition) is 3. The fourth-order valence-corrected chi connectivity index (χ4v) is 3.58. The Bertz CT molecular complexity index is 491. The number of piperidine rings is 1. The predicted octanol–water partition coefficient (Wildman–Crippen LogP) is 1.80. The Morgan fingerprint density at radius 1 is 1.23 bits per heavy atom. The van der Waals surface area contributed by atoms with Crippen molar-refractivity contribution in [3.05, 3.63) is 35.9 Å². The summed E-state index contributed by atoms with van der Waals surface area (Å²) in [6.45, 7) is 4.37. The highest BCUT2D eigenvalue weighted by Gasteiger charge is 2.34. The second-order valence-corrected chi connectivity index (χ2v) is 6.56. The van der Waals surface area contributed by atoms with Crippen molar-refractivity contribution in [2.75, 3.05) is 39.8 Å². The summed E-state index contributed by atoms with van der Waals surface area (Å²) in [6.07, 6.45) is 3.65. The first-order chi connectivity index (χ1) is 10.7. The summed E-state index contributed by atoms with van der Waals surface area (Å²) >= 11 is 0. The van der Waals surface area contributed by atoms with Gasteiger partial charge >= 0.3 is 0 Å². The summed E-state index contributed by atoms with van der Waals surface area (Å²) in [6, 6.07) is 10.7. The first-order valence-corrected chi connectivity index (χ1v) is 8.34. The Kier molecular flexibility index (Phi) is 5.11. The predicted molar refractivity (Wildman–Crippen MR) is 86.7 cm³/mol. The molecule has 0 aromatic heterocycles. The lowest BCUT2D eigenvalue weighted by molar-refractivity contribution is -0.133. The van der Waals surface area contributed by atoms with Gasteiger partial charge in [0.2, 0.25) is 5.91 Å². The van der Waals surface area contributed by atoms with E-state index in [4.69, 9.17) is 4.74 Å². The molecule has 0 saturated carbocycles. The van der Waals surface area contributed by atoms with Gasteiger partial charge in [-0.1, -0.05) is 30.3 Å². The van der Waals surface area contributed by atoms with Gasteiger partial charge in [-0.25, -0.2) is 0 Å². The van der Waals surface area contributed by atoms with Gasteiger partial charge in [-0.05, 0) is 31.4 Å². The standard InChI is InChI=1S/C18H26N2O2/c1-19-12-16-13-20(11-9-17(16)22-14-18(19)21)10-5-8-15-6-3-2-4-7-15/h2-4,6-7,16-17H,5,8-14H2,1H3/t16-,17-/m0/s1. The lowest BCUT2D eigenvalue weighted by Gasteiger charge is -2.37. The van der Waals surface area contributed by atoms with Gasteiger partial charge in [0.05, 0.1) is 6.10 Å². The maximum Gasteiger partial charge on any atom is 0.248 e. The molecule has 4 heteroatoms. The molecule has 2 aliphatic rings. The van der Waals surface area contributed by atoms with Gasteiger partial charge in [0.25, 0.3) is 0 Å². The van der Waals surface area contributed by atoms with E-state index in [2.05, 4.69) is 35.2 Å². The third-order valence-corrected chi connectivity index (χ3v) is 4.89. The lowest BCUT2D eigenvalue weighted by atomic mass is 9.94. The molecule has 2 aliphatic heterocycles. The third kappa shape index (κ3) is 3.87. The van der Waals surface area contributed by atoms with Crippen molar-refractivity contribution in [2.24, 2.45) is 5.92 Å². The first kappa shape index (κ1) is 15.5. The average Bonchev–Trinajstić information content (AvgIpc) is 2.67. The van der Waals surface area contributed by atoms with Crippen LogP contribution in [0.15, 0.2) is 30.3 Å². The minimum Gasteiger partial charge on any atom is -0.368 e. The fraction of sp³-hybridized carbons (Fsp3) is 0.611. The van der Waals surface area contributed by atoms with Crippen LogP contribution in [0.3, 0.4) is 0 Å². The van der Waals surface area contributed by atoms with E-state index >= 15 is 0 Å². The third-order valence-electron chi connectivity index (χ3n) is 4.89. The molecule has 0 unspecified atom stereocenters. The van der Waals surface area contributed by atoms with Crippen LogP contribution < -0.4 is 0 Å². The molecule has 0 radical (unpaired) electrons. The van der Waals surface area contributed by atoms with Crippen molar-refractivity contribution in [3.8, 4) is 0 Å². The molecule has 3 rings (SSSR count). The van der Waals surface area contributed by atoms with Crippen LogP contribution in [0.2, 0.25) is 0 Å².